The summed E-state index contributed by atoms with van der Waals surface area (Å²) >= 11 is 0. The topological polar surface area (TPSA) is 37.3 Å². The van der Waals surface area contributed by atoms with Crippen LogP contribution in [0, 0.1) is 6.92 Å². The van der Waals surface area contributed by atoms with Crippen LogP contribution in [0.1, 0.15) is 15.9 Å². The second kappa shape index (κ2) is 7.53. The highest BCUT2D eigenvalue weighted by Gasteiger charge is 2.05. The highest BCUT2D eigenvalue weighted by Crippen LogP contribution is 2.27. The van der Waals surface area contributed by atoms with Gasteiger partial charge in [0, 0.05) is 0 Å². The molecule has 0 amide bonds. The van der Waals surface area contributed by atoms with E-state index >= 15 is 0 Å². The molecule has 1 N–H and O–H groups in total. The molecule has 0 aliphatic heterocycles. The molecule has 0 aliphatic rings. The molecule has 2 heteroatoms. The molecule has 0 bridgehead atoms. The molecular weight excluding hydrogens is 344 g/mol. The molecule has 4 rings (SSSR count). The minimum absolute atomic E-state index is 0.300. The summed E-state index contributed by atoms with van der Waals surface area (Å²) in [5.74, 6) is -0.906. The number of rotatable bonds is 4. The lowest BCUT2D eigenvalue weighted by Crippen LogP contribution is -1.94. The van der Waals surface area contributed by atoms with Crippen LogP contribution in [0.3, 0.4) is 0 Å². The standard InChI is InChI=1S/C26H20O2/c1-18-2-4-19(5-3-18)20-6-8-21(9-7-20)22-10-12-23(13-11-22)24-14-16-25(17-15-24)26(27)28/h2-17H,1H3,(H,27,28). The fraction of sp³-hybridized carbons (Fsp3) is 0.0385. The van der Waals surface area contributed by atoms with Gasteiger partial charge in [-0.1, -0.05) is 90.5 Å². The lowest BCUT2D eigenvalue weighted by Gasteiger charge is -2.07. The van der Waals surface area contributed by atoms with Crippen LogP contribution in [-0.2, 0) is 0 Å². The number of hydrogen-bond acceptors (Lipinski definition) is 1. The van der Waals surface area contributed by atoms with Gasteiger partial charge in [-0.15, -0.1) is 0 Å². The number of aromatic carboxylic acids is 1. The number of aryl methyl sites for hydroxylation is 1. The lowest BCUT2D eigenvalue weighted by atomic mass is 9.97. The van der Waals surface area contributed by atoms with E-state index < -0.39 is 5.97 Å². The Bertz CT molecular complexity index is 1090. The first-order chi connectivity index (χ1) is 13.6. The molecule has 4 aromatic carbocycles. The van der Waals surface area contributed by atoms with Crippen molar-refractivity contribution >= 4 is 5.97 Å². The van der Waals surface area contributed by atoms with Crippen LogP contribution in [0.15, 0.2) is 97.1 Å². The minimum Gasteiger partial charge on any atom is -0.478 e. The van der Waals surface area contributed by atoms with Crippen LogP contribution >= 0.6 is 0 Å². The minimum atomic E-state index is -0.906. The van der Waals surface area contributed by atoms with E-state index in [0.29, 0.717) is 5.56 Å². The van der Waals surface area contributed by atoms with E-state index in [1.54, 1.807) is 12.1 Å². The molecule has 136 valence electrons. The van der Waals surface area contributed by atoms with Crippen molar-refractivity contribution in [3.8, 4) is 33.4 Å². The number of carboxylic acids is 1. The summed E-state index contributed by atoms with van der Waals surface area (Å²) in [6.07, 6.45) is 0. The predicted octanol–water partition coefficient (Wildman–Crippen LogP) is 6.69. The average Bonchev–Trinajstić information content (AvgIpc) is 2.75. The molecule has 0 aromatic heterocycles. The van der Waals surface area contributed by atoms with Gasteiger partial charge in [-0.3, -0.25) is 0 Å². The van der Waals surface area contributed by atoms with Crippen molar-refractivity contribution in [1.29, 1.82) is 0 Å². The molecule has 0 saturated heterocycles. The molecule has 0 saturated carbocycles. The molecule has 4 aromatic rings. The Kier molecular flexibility index (Phi) is 4.77. The van der Waals surface area contributed by atoms with Crippen molar-refractivity contribution in [2.24, 2.45) is 0 Å². The van der Waals surface area contributed by atoms with Crippen LogP contribution in [0.4, 0.5) is 0 Å². The van der Waals surface area contributed by atoms with Gasteiger partial charge in [-0.2, -0.15) is 0 Å². The monoisotopic (exact) mass is 364 g/mol. The molecule has 2 nitrogen and oxygen atoms in total. The van der Waals surface area contributed by atoms with Crippen molar-refractivity contribution in [3.63, 3.8) is 0 Å². The van der Waals surface area contributed by atoms with Gasteiger partial charge >= 0.3 is 5.97 Å². The van der Waals surface area contributed by atoms with Crippen molar-refractivity contribution in [1.82, 2.24) is 0 Å². The van der Waals surface area contributed by atoms with Crippen LogP contribution in [-0.4, -0.2) is 11.1 Å². The average molecular weight is 364 g/mol. The maximum atomic E-state index is 11.0. The third-order valence-electron chi connectivity index (χ3n) is 4.95. The summed E-state index contributed by atoms with van der Waals surface area (Å²) in [5, 5.41) is 9.01. The Labute approximate surface area is 164 Å². The van der Waals surface area contributed by atoms with E-state index in [2.05, 4.69) is 79.7 Å². The zero-order valence-corrected chi connectivity index (χ0v) is 15.6. The number of hydrogen-bond donors (Lipinski definition) is 1. The number of carbonyl (C=O) groups is 1. The van der Waals surface area contributed by atoms with Crippen LogP contribution in [0.25, 0.3) is 33.4 Å². The molecule has 0 atom stereocenters. The molecule has 0 unspecified atom stereocenters. The van der Waals surface area contributed by atoms with Gasteiger partial charge < -0.3 is 5.11 Å². The summed E-state index contributed by atoms with van der Waals surface area (Å²) in [4.78, 5) is 11.0. The number of carboxylic acid groups (broad SMARTS) is 1. The van der Waals surface area contributed by atoms with Crippen LogP contribution in [0.2, 0.25) is 0 Å². The Morgan fingerprint density at radius 2 is 0.750 bits per heavy atom. The zero-order chi connectivity index (χ0) is 19.5. The third kappa shape index (κ3) is 3.72. The summed E-state index contributed by atoms with van der Waals surface area (Å²) in [5.41, 5.74) is 8.39. The van der Waals surface area contributed by atoms with Crippen molar-refractivity contribution in [3.05, 3.63) is 108 Å². The van der Waals surface area contributed by atoms with E-state index in [1.807, 2.05) is 12.1 Å². The molecule has 0 aliphatic carbocycles. The Balaban J connectivity index is 1.55. The molecule has 0 fully saturated rings. The van der Waals surface area contributed by atoms with E-state index in [9.17, 15) is 4.79 Å². The zero-order valence-electron chi connectivity index (χ0n) is 15.6. The quantitative estimate of drug-likeness (QED) is 0.438. The lowest BCUT2D eigenvalue weighted by molar-refractivity contribution is 0.0697. The van der Waals surface area contributed by atoms with Crippen LogP contribution < -0.4 is 0 Å². The Morgan fingerprint density at radius 3 is 1.04 bits per heavy atom. The van der Waals surface area contributed by atoms with E-state index in [0.717, 1.165) is 16.7 Å². The largest absolute Gasteiger partial charge is 0.478 e. The van der Waals surface area contributed by atoms with Gasteiger partial charge in [-0.25, -0.2) is 4.79 Å². The van der Waals surface area contributed by atoms with Gasteiger partial charge in [0.2, 0.25) is 0 Å². The first-order valence-electron chi connectivity index (χ1n) is 9.21. The first kappa shape index (κ1) is 17.7. The Morgan fingerprint density at radius 1 is 0.500 bits per heavy atom. The summed E-state index contributed by atoms with van der Waals surface area (Å²) in [7, 11) is 0. The smallest absolute Gasteiger partial charge is 0.335 e. The van der Waals surface area contributed by atoms with Crippen LogP contribution in [0.5, 0.6) is 0 Å². The fourth-order valence-electron chi connectivity index (χ4n) is 3.26. The first-order valence-corrected chi connectivity index (χ1v) is 9.21. The molecule has 0 radical (unpaired) electrons. The second-order valence-corrected chi connectivity index (χ2v) is 6.90. The molecule has 28 heavy (non-hydrogen) atoms. The summed E-state index contributed by atoms with van der Waals surface area (Å²) in [6.45, 7) is 2.09. The highest BCUT2D eigenvalue weighted by molar-refractivity contribution is 5.88. The normalized spacial score (nSPS) is 10.6. The molecule has 0 spiro atoms. The number of benzene rings is 4. The van der Waals surface area contributed by atoms with Crippen molar-refractivity contribution in [2.75, 3.05) is 0 Å². The van der Waals surface area contributed by atoms with Gasteiger partial charge in [0.05, 0.1) is 5.56 Å². The van der Waals surface area contributed by atoms with Gasteiger partial charge in [0.15, 0.2) is 0 Å². The molecule has 0 heterocycles. The van der Waals surface area contributed by atoms with Gasteiger partial charge in [-0.05, 0) is 52.4 Å². The maximum absolute atomic E-state index is 11.0. The van der Waals surface area contributed by atoms with E-state index in [4.69, 9.17) is 5.11 Å². The SMILES string of the molecule is Cc1ccc(-c2ccc(-c3ccc(-c4ccc(C(=O)O)cc4)cc3)cc2)cc1. The fourth-order valence-corrected chi connectivity index (χ4v) is 3.26. The van der Waals surface area contributed by atoms with Gasteiger partial charge in [0.1, 0.15) is 0 Å². The van der Waals surface area contributed by atoms with E-state index in [-0.39, 0.29) is 0 Å². The predicted molar refractivity (Wildman–Crippen MR) is 114 cm³/mol. The van der Waals surface area contributed by atoms with Crippen molar-refractivity contribution < 1.29 is 9.90 Å². The second-order valence-electron chi connectivity index (χ2n) is 6.90. The summed E-state index contributed by atoms with van der Waals surface area (Å²) < 4.78 is 0. The Hall–Kier alpha value is -3.65. The maximum Gasteiger partial charge on any atom is 0.335 e. The molecular formula is C26H20O2. The van der Waals surface area contributed by atoms with Crippen molar-refractivity contribution in [2.45, 2.75) is 6.92 Å². The third-order valence-corrected chi connectivity index (χ3v) is 4.95. The summed E-state index contributed by atoms with van der Waals surface area (Å²) in [6, 6.07) is 32.4. The van der Waals surface area contributed by atoms with E-state index in [1.165, 1.54) is 22.3 Å². The van der Waals surface area contributed by atoms with Gasteiger partial charge in [0.25, 0.3) is 0 Å². The highest BCUT2D eigenvalue weighted by atomic mass is 16.4.